The van der Waals surface area contributed by atoms with Gasteiger partial charge in [-0.15, -0.1) is 5.01 Å². The summed E-state index contributed by atoms with van der Waals surface area (Å²) in [6.45, 7) is 5.70. The summed E-state index contributed by atoms with van der Waals surface area (Å²) in [6.07, 6.45) is -5.22. The topological polar surface area (TPSA) is 68.4 Å². The minimum atomic E-state index is -4.49. The summed E-state index contributed by atoms with van der Waals surface area (Å²) in [7, 11) is 1.58. The Balaban J connectivity index is 2.09. The maximum atomic E-state index is 12.8. The van der Waals surface area contributed by atoms with Crippen molar-refractivity contribution in [1.82, 2.24) is 5.01 Å². The van der Waals surface area contributed by atoms with Crippen LogP contribution in [0.15, 0.2) is 29.5 Å². The lowest BCUT2D eigenvalue weighted by molar-refractivity contribution is -0.946. The summed E-state index contributed by atoms with van der Waals surface area (Å²) in [5.74, 6) is -0.514. The molecule has 1 aromatic rings. The summed E-state index contributed by atoms with van der Waals surface area (Å²) in [5.41, 5.74) is -1.13. The molecule has 26 heavy (non-hydrogen) atoms. The predicted octanol–water partition coefficient (Wildman–Crippen LogP) is 3.24. The van der Waals surface area contributed by atoms with Crippen LogP contribution in [0.5, 0.6) is 0 Å². The number of carbonyl (C=O) groups excluding carboxylic acids is 1. The van der Waals surface area contributed by atoms with Crippen molar-refractivity contribution in [2.75, 3.05) is 18.5 Å². The smallest absolute Gasteiger partial charge is 0.329 e. The van der Waals surface area contributed by atoms with Crippen LogP contribution in [0.25, 0.3) is 0 Å². The van der Waals surface area contributed by atoms with Gasteiger partial charge in [-0.2, -0.15) is 13.2 Å². The quantitative estimate of drug-likeness (QED) is 0.498. The molecule has 0 unspecified atom stereocenters. The third kappa shape index (κ3) is 4.36. The van der Waals surface area contributed by atoms with Gasteiger partial charge in [0.25, 0.3) is 16.2 Å². The van der Waals surface area contributed by atoms with Gasteiger partial charge in [0.05, 0.1) is 18.2 Å². The third-order valence-electron chi connectivity index (χ3n) is 4.13. The molecule has 10 heteroatoms. The van der Waals surface area contributed by atoms with Crippen molar-refractivity contribution >= 4 is 11.6 Å². The van der Waals surface area contributed by atoms with E-state index in [4.69, 9.17) is 4.84 Å². The lowest BCUT2D eigenvalue weighted by atomic mass is 10.1. The SMILES string of the molecule is CN(/[N+](O)=N/O[C@@H]1CCN(c2cccc(C(F)(F)F)c2)C1=O)C(C)(C)C. The van der Waals surface area contributed by atoms with E-state index in [1.807, 2.05) is 20.8 Å². The van der Waals surface area contributed by atoms with Gasteiger partial charge in [0.15, 0.2) is 0 Å². The Labute approximate surface area is 149 Å². The van der Waals surface area contributed by atoms with E-state index in [1.54, 1.807) is 7.05 Å². The van der Waals surface area contributed by atoms with Crippen LogP contribution in [0, 0.1) is 0 Å². The zero-order valence-electron chi connectivity index (χ0n) is 15.0. The van der Waals surface area contributed by atoms with Crippen molar-refractivity contribution in [2.45, 2.75) is 45.0 Å². The standard InChI is InChI=1S/C16H22F3N4O3/c1-15(2,3)21(4)23(25)20-26-13-8-9-22(14(13)24)12-7-5-6-11(10-12)16(17,18)19/h5-7,10,13H,8-9H2,1-4H3,(H,20,25)/q+1/t13-/m1/s1. The van der Waals surface area contributed by atoms with Gasteiger partial charge >= 0.3 is 6.18 Å². The molecule has 1 N–H and O–H groups in total. The molecule has 0 saturated carbocycles. The predicted molar refractivity (Wildman–Crippen MR) is 85.3 cm³/mol. The molecule has 0 aromatic heterocycles. The van der Waals surface area contributed by atoms with Gasteiger partial charge in [0.2, 0.25) is 6.10 Å². The van der Waals surface area contributed by atoms with Crippen LogP contribution in [-0.4, -0.2) is 46.3 Å². The Morgan fingerprint density at radius 1 is 1.35 bits per heavy atom. The van der Waals surface area contributed by atoms with Gasteiger partial charge in [-0.3, -0.25) is 4.79 Å². The summed E-state index contributed by atoms with van der Waals surface area (Å²) >= 11 is 0. The van der Waals surface area contributed by atoms with Crippen molar-refractivity contribution in [1.29, 1.82) is 0 Å². The van der Waals surface area contributed by atoms with E-state index >= 15 is 0 Å². The molecule has 1 amide bonds. The van der Waals surface area contributed by atoms with Crippen LogP contribution in [-0.2, 0) is 15.8 Å². The fourth-order valence-electron chi connectivity index (χ4n) is 2.28. The van der Waals surface area contributed by atoms with E-state index in [9.17, 15) is 23.2 Å². The lowest BCUT2D eigenvalue weighted by Crippen LogP contribution is -2.43. The average Bonchev–Trinajstić information content (AvgIpc) is 2.91. The van der Waals surface area contributed by atoms with Gasteiger partial charge in [0, 0.05) is 18.7 Å². The number of alkyl halides is 3. The summed E-state index contributed by atoms with van der Waals surface area (Å²) in [6, 6.07) is 4.54. The zero-order chi connectivity index (χ0) is 19.7. The molecule has 1 heterocycles. The normalized spacial score (nSPS) is 19.0. The first kappa shape index (κ1) is 19.8. The Morgan fingerprint density at radius 3 is 2.58 bits per heavy atom. The molecular formula is C16H22F3N4O3+. The first-order valence-electron chi connectivity index (χ1n) is 7.99. The number of hydrogen-bond donors (Lipinski definition) is 1. The highest BCUT2D eigenvalue weighted by atomic mass is 19.4. The molecule has 0 radical (unpaired) electrons. The van der Waals surface area contributed by atoms with E-state index in [1.165, 1.54) is 22.0 Å². The number of hydrogen-bond acceptors (Lipinski definition) is 3. The molecule has 1 fully saturated rings. The average molecular weight is 375 g/mol. The van der Waals surface area contributed by atoms with Crippen molar-refractivity contribution < 1.29 is 33.0 Å². The van der Waals surface area contributed by atoms with Crippen LogP contribution in [0.3, 0.4) is 0 Å². The van der Waals surface area contributed by atoms with Crippen LogP contribution in [0.1, 0.15) is 32.8 Å². The molecule has 1 atom stereocenters. The number of anilines is 1. The van der Waals surface area contributed by atoms with E-state index < -0.39 is 29.3 Å². The monoisotopic (exact) mass is 375 g/mol. The second kappa shape index (κ2) is 7.00. The molecule has 1 aliphatic rings. The van der Waals surface area contributed by atoms with Crippen molar-refractivity contribution in [3.05, 3.63) is 29.8 Å². The fourth-order valence-corrected chi connectivity index (χ4v) is 2.28. The van der Waals surface area contributed by atoms with Crippen molar-refractivity contribution in [2.24, 2.45) is 5.28 Å². The molecule has 2 rings (SSSR count). The Kier molecular flexibility index (Phi) is 5.33. The van der Waals surface area contributed by atoms with Gasteiger partial charge in [-0.05, 0) is 39.0 Å². The molecule has 1 saturated heterocycles. The molecule has 7 nitrogen and oxygen atoms in total. The number of amides is 1. The Bertz CT molecular complexity index is 701. The third-order valence-corrected chi connectivity index (χ3v) is 4.13. The van der Waals surface area contributed by atoms with E-state index in [2.05, 4.69) is 5.28 Å². The molecule has 0 spiro atoms. The van der Waals surface area contributed by atoms with E-state index in [0.29, 0.717) is 4.97 Å². The number of carbonyl (C=O) groups is 1. The van der Waals surface area contributed by atoms with Crippen molar-refractivity contribution in [3.8, 4) is 0 Å². The number of rotatable bonds is 4. The van der Waals surface area contributed by atoms with E-state index in [-0.39, 0.29) is 18.7 Å². The first-order chi connectivity index (χ1) is 11.9. The number of benzene rings is 1. The second-order valence-corrected chi connectivity index (χ2v) is 6.97. The largest absolute Gasteiger partial charge is 0.416 e. The Hall–Kier alpha value is -2.52. The summed E-state index contributed by atoms with van der Waals surface area (Å²) in [5, 5.41) is 14.7. The molecule has 0 aliphatic carbocycles. The minimum absolute atomic E-state index is 0.142. The van der Waals surface area contributed by atoms with Crippen LogP contribution >= 0.6 is 0 Å². The number of halogens is 3. The summed E-state index contributed by atoms with van der Waals surface area (Å²) < 4.78 is 38.5. The highest BCUT2D eigenvalue weighted by Gasteiger charge is 2.38. The maximum Gasteiger partial charge on any atom is 0.416 e. The molecule has 0 bridgehead atoms. The maximum absolute atomic E-state index is 12.8. The zero-order valence-corrected chi connectivity index (χ0v) is 15.0. The highest BCUT2D eigenvalue weighted by Crippen LogP contribution is 2.33. The van der Waals surface area contributed by atoms with Gasteiger partial charge in [-0.25, -0.2) is 5.21 Å². The molecular weight excluding hydrogens is 353 g/mol. The molecule has 144 valence electrons. The van der Waals surface area contributed by atoms with Crippen LogP contribution in [0.4, 0.5) is 18.9 Å². The van der Waals surface area contributed by atoms with Crippen LogP contribution < -0.4 is 4.90 Å². The van der Waals surface area contributed by atoms with E-state index in [0.717, 1.165) is 12.1 Å². The molecule has 1 aliphatic heterocycles. The fraction of sp³-hybridized carbons (Fsp3) is 0.562. The van der Waals surface area contributed by atoms with Gasteiger partial charge < -0.3 is 9.74 Å². The Morgan fingerprint density at radius 2 is 2.00 bits per heavy atom. The van der Waals surface area contributed by atoms with Crippen LogP contribution in [0.2, 0.25) is 0 Å². The molecule has 1 aromatic carbocycles. The summed E-state index contributed by atoms with van der Waals surface area (Å²) in [4.78, 5) is 19.2. The highest BCUT2D eigenvalue weighted by molar-refractivity contribution is 5.98. The first-order valence-corrected chi connectivity index (χ1v) is 7.99. The van der Waals surface area contributed by atoms with Gasteiger partial charge in [0.1, 0.15) is 0 Å². The van der Waals surface area contributed by atoms with Crippen molar-refractivity contribution in [3.63, 3.8) is 0 Å². The lowest BCUT2D eigenvalue weighted by Gasteiger charge is -2.22. The minimum Gasteiger partial charge on any atom is -0.329 e. The van der Waals surface area contributed by atoms with Gasteiger partial charge in [-0.1, -0.05) is 6.07 Å². The second-order valence-electron chi connectivity index (χ2n) is 6.97. The number of nitrogens with zero attached hydrogens (tertiary/aromatic N) is 4. The number of hydrazine groups is 1.